The molecular formula is C16H16BrF2NO. The maximum Gasteiger partial charge on any atom is 0.149 e. The van der Waals surface area contributed by atoms with Gasteiger partial charge < -0.3 is 10.1 Å². The lowest BCUT2D eigenvalue weighted by Crippen LogP contribution is -2.09. The molecule has 0 heterocycles. The Morgan fingerprint density at radius 3 is 2.57 bits per heavy atom. The third kappa shape index (κ3) is 4.17. The van der Waals surface area contributed by atoms with E-state index in [1.54, 1.807) is 0 Å². The normalized spacial score (nSPS) is 10.8. The molecule has 0 bridgehead atoms. The molecule has 0 amide bonds. The summed E-state index contributed by atoms with van der Waals surface area (Å²) in [5, 5.41) is 2.96. The Hall–Kier alpha value is -1.62. The van der Waals surface area contributed by atoms with E-state index < -0.39 is 11.6 Å². The minimum absolute atomic E-state index is 0.0582. The van der Waals surface area contributed by atoms with Crippen molar-refractivity contribution in [3.63, 3.8) is 0 Å². The van der Waals surface area contributed by atoms with Gasteiger partial charge in [0, 0.05) is 18.2 Å². The Kier molecular flexibility index (Phi) is 5.17. The summed E-state index contributed by atoms with van der Waals surface area (Å²) >= 11 is 3.05. The summed E-state index contributed by atoms with van der Waals surface area (Å²) in [4.78, 5) is 0. The second kappa shape index (κ2) is 6.89. The molecule has 0 unspecified atom stereocenters. The van der Waals surface area contributed by atoms with Crippen LogP contribution in [-0.4, -0.2) is 6.10 Å². The van der Waals surface area contributed by atoms with E-state index in [-0.39, 0.29) is 16.3 Å². The van der Waals surface area contributed by atoms with Crippen molar-refractivity contribution < 1.29 is 13.5 Å². The molecule has 2 nitrogen and oxygen atoms in total. The van der Waals surface area contributed by atoms with Crippen molar-refractivity contribution >= 4 is 21.6 Å². The van der Waals surface area contributed by atoms with Crippen LogP contribution in [0.1, 0.15) is 19.4 Å². The quantitative estimate of drug-likeness (QED) is 0.751. The van der Waals surface area contributed by atoms with Gasteiger partial charge in [0.05, 0.1) is 16.3 Å². The first-order chi connectivity index (χ1) is 9.97. The van der Waals surface area contributed by atoms with Crippen LogP contribution in [-0.2, 0) is 6.54 Å². The van der Waals surface area contributed by atoms with Crippen LogP contribution in [0.15, 0.2) is 40.9 Å². The maximum atomic E-state index is 13.7. The Balaban J connectivity index is 2.15. The predicted octanol–water partition coefficient (Wildman–Crippen LogP) is 5.13. The first-order valence-electron chi connectivity index (χ1n) is 6.60. The fourth-order valence-electron chi connectivity index (χ4n) is 1.87. The highest BCUT2D eigenvalue weighted by molar-refractivity contribution is 9.10. The Bertz CT molecular complexity index is 632. The van der Waals surface area contributed by atoms with Gasteiger partial charge in [0.25, 0.3) is 0 Å². The summed E-state index contributed by atoms with van der Waals surface area (Å²) in [5.74, 6) is -0.499. The van der Waals surface area contributed by atoms with E-state index in [0.717, 1.165) is 17.4 Å². The highest BCUT2D eigenvalue weighted by atomic mass is 79.9. The molecule has 5 heteroatoms. The molecule has 0 aliphatic heterocycles. The summed E-state index contributed by atoms with van der Waals surface area (Å²) in [6.45, 7) is 4.28. The van der Waals surface area contributed by atoms with Crippen molar-refractivity contribution in [3.05, 3.63) is 58.1 Å². The first kappa shape index (κ1) is 15.8. The monoisotopic (exact) mass is 355 g/mol. The van der Waals surface area contributed by atoms with Crippen molar-refractivity contribution in [1.82, 2.24) is 0 Å². The molecule has 0 spiro atoms. The molecule has 0 aliphatic carbocycles. The summed E-state index contributed by atoms with van der Waals surface area (Å²) in [6, 6.07) is 9.78. The molecule has 21 heavy (non-hydrogen) atoms. The zero-order chi connectivity index (χ0) is 15.4. The molecule has 0 aliphatic rings. The minimum atomic E-state index is -0.627. The standard InChI is InChI=1S/C16H16BrF2NO/c1-10(2)21-16-6-4-3-5-11(16)9-20-15-7-12(17)13(18)8-14(15)19/h3-8,10,20H,9H2,1-2H3. The smallest absolute Gasteiger partial charge is 0.149 e. The molecule has 0 saturated heterocycles. The van der Waals surface area contributed by atoms with Crippen LogP contribution >= 0.6 is 15.9 Å². The van der Waals surface area contributed by atoms with Gasteiger partial charge >= 0.3 is 0 Å². The van der Waals surface area contributed by atoms with Crippen LogP contribution in [0.2, 0.25) is 0 Å². The number of hydrogen-bond donors (Lipinski definition) is 1. The number of para-hydroxylation sites is 1. The second-order valence-electron chi connectivity index (χ2n) is 4.87. The van der Waals surface area contributed by atoms with Gasteiger partial charge in [-0.1, -0.05) is 18.2 Å². The van der Waals surface area contributed by atoms with Crippen LogP contribution in [0.3, 0.4) is 0 Å². The van der Waals surface area contributed by atoms with E-state index >= 15 is 0 Å². The number of ether oxygens (including phenoxy) is 1. The van der Waals surface area contributed by atoms with Gasteiger partial charge in [0.15, 0.2) is 0 Å². The Morgan fingerprint density at radius 2 is 1.86 bits per heavy atom. The van der Waals surface area contributed by atoms with Gasteiger partial charge in [-0.3, -0.25) is 0 Å². The van der Waals surface area contributed by atoms with Gasteiger partial charge in [0.2, 0.25) is 0 Å². The van der Waals surface area contributed by atoms with Crippen LogP contribution in [0.5, 0.6) is 5.75 Å². The maximum absolute atomic E-state index is 13.7. The number of hydrogen-bond acceptors (Lipinski definition) is 2. The third-order valence-corrected chi connectivity index (χ3v) is 3.42. The van der Waals surface area contributed by atoms with Gasteiger partial charge in [-0.25, -0.2) is 8.78 Å². The largest absolute Gasteiger partial charge is 0.491 e. The van der Waals surface area contributed by atoms with Gasteiger partial charge in [-0.05, 0) is 41.9 Å². The molecule has 0 fully saturated rings. The van der Waals surface area contributed by atoms with E-state index in [1.165, 1.54) is 6.07 Å². The molecule has 2 aromatic rings. The fraction of sp³-hybridized carbons (Fsp3) is 0.250. The SMILES string of the molecule is CC(C)Oc1ccccc1CNc1cc(Br)c(F)cc1F. The van der Waals surface area contributed by atoms with Crippen LogP contribution < -0.4 is 10.1 Å². The predicted molar refractivity (Wildman–Crippen MR) is 83.6 cm³/mol. The molecule has 112 valence electrons. The zero-order valence-corrected chi connectivity index (χ0v) is 13.4. The lowest BCUT2D eigenvalue weighted by molar-refractivity contribution is 0.240. The van der Waals surface area contributed by atoms with Crippen molar-refractivity contribution in [2.75, 3.05) is 5.32 Å². The summed E-state index contributed by atoms with van der Waals surface area (Å²) < 4.78 is 32.8. The molecule has 1 N–H and O–H groups in total. The minimum Gasteiger partial charge on any atom is -0.491 e. The summed E-state index contributed by atoms with van der Waals surface area (Å²) in [6.07, 6.45) is 0.0582. The van der Waals surface area contributed by atoms with Crippen LogP contribution in [0.4, 0.5) is 14.5 Å². The van der Waals surface area contributed by atoms with Crippen LogP contribution in [0, 0.1) is 11.6 Å². The Morgan fingerprint density at radius 1 is 1.14 bits per heavy atom. The second-order valence-corrected chi connectivity index (χ2v) is 5.73. The van der Waals surface area contributed by atoms with E-state index in [2.05, 4.69) is 21.2 Å². The number of rotatable bonds is 5. The molecule has 2 rings (SSSR count). The number of nitrogens with one attached hydrogen (secondary N) is 1. The molecular weight excluding hydrogens is 340 g/mol. The third-order valence-electron chi connectivity index (χ3n) is 2.81. The lowest BCUT2D eigenvalue weighted by atomic mass is 10.2. The average Bonchev–Trinajstić information content (AvgIpc) is 2.42. The molecule has 2 aromatic carbocycles. The molecule has 0 aromatic heterocycles. The Labute approximate surface area is 131 Å². The van der Waals surface area contributed by atoms with E-state index in [0.29, 0.717) is 6.54 Å². The first-order valence-corrected chi connectivity index (χ1v) is 7.39. The average molecular weight is 356 g/mol. The number of halogens is 3. The van der Waals surface area contributed by atoms with Crippen molar-refractivity contribution in [2.24, 2.45) is 0 Å². The van der Waals surface area contributed by atoms with Crippen molar-refractivity contribution in [2.45, 2.75) is 26.5 Å². The molecule has 0 radical (unpaired) electrons. The highest BCUT2D eigenvalue weighted by Crippen LogP contribution is 2.25. The zero-order valence-electron chi connectivity index (χ0n) is 11.8. The van der Waals surface area contributed by atoms with Gasteiger partial charge in [-0.2, -0.15) is 0 Å². The van der Waals surface area contributed by atoms with Gasteiger partial charge in [-0.15, -0.1) is 0 Å². The highest BCUT2D eigenvalue weighted by Gasteiger charge is 2.10. The van der Waals surface area contributed by atoms with E-state index in [9.17, 15) is 8.78 Å². The lowest BCUT2D eigenvalue weighted by Gasteiger charge is -2.15. The van der Waals surface area contributed by atoms with Crippen molar-refractivity contribution in [3.8, 4) is 5.75 Å². The van der Waals surface area contributed by atoms with Crippen molar-refractivity contribution in [1.29, 1.82) is 0 Å². The summed E-state index contributed by atoms with van der Waals surface area (Å²) in [7, 11) is 0. The van der Waals surface area contributed by atoms with E-state index in [1.807, 2.05) is 38.1 Å². The number of anilines is 1. The molecule has 0 saturated carbocycles. The number of benzene rings is 2. The summed E-state index contributed by atoms with van der Waals surface area (Å²) in [5.41, 5.74) is 1.15. The topological polar surface area (TPSA) is 21.3 Å². The molecule has 0 atom stereocenters. The fourth-order valence-corrected chi connectivity index (χ4v) is 2.21. The van der Waals surface area contributed by atoms with Gasteiger partial charge in [0.1, 0.15) is 17.4 Å². The van der Waals surface area contributed by atoms with E-state index in [4.69, 9.17) is 4.74 Å². The van der Waals surface area contributed by atoms with Crippen LogP contribution in [0.25, 0.3) is 0 Å².